The van der Waals surface area contributed by atoms with Crippen molar-refractivity contribution in [1.82, 2.24) is 14.5 Å². The summed E-state index contributed by atoms with van der Waals surface area (Å²) in [6.07, 6.45) is 6.33. The van der Waals surface area contributed by atoms with E-state index in [1.807, 2.05) is 12.3 Å². The number of hydrogen-bond acceptors (Lipinski definition) is 3. The van der Waals surface area contributed by atoms with Crippen LogP contribution in [0.4, 0.5) is 11.8 Å². The van der Waals surface area contributed by atoms with Crippen LogP contribution in [-0.2, 0) is 6.54 Å². The summed E-state index contributed by atoms with van der Waals surface area (Å²) in [7, 11) is 0. The Morgan fingerprint density at radius 3 is 2.64 bits per heavy atom. The summed E-state index contributed by atoms with van der Waals surface area (Å²) < 4.78 is 3.38. The normalized spacial score (nSPS) is 14.6. The van der Waals surface area contributed by atoms with Gasteiger partial charge in [-0.2, -0.15) is 0 Å². The predicted molar refractivity (Wildman–Crippen MR) is 121 cm³/mol. The first-order valence-electron chi connectivity index (χ1n) is 10.1. The summed E-state index contributed by atoms with van der Waals surface area (Å²) in [4.78, 5) is 12.0. The van der Waals surface area contributed by atoms with Gasteiger partial charge in [-0.25, -0.2) is 9.97 Å². The van der Waals surface area contributed by atoms with Crippen molar-refractivity contribution in [3.05, 3.63) is 45.0 Å². The Hall–Kier alpha value is -1.59. The highest BCUT2D eigenvalue weighted by Crippen LogP contribution is 2.39. The van der Waals surface area contributed by atoms with Gasteiger partial charge in [0.1, 0.15) is 11.3 Å². The minimum absolute atomic E-state index is 0.518. The van der Waals surface area contributed by atoms with Crippen LogP contribution in [0.5, 0.6) is 0 Å². The number of benzene rings is 1. The number of aromatic nitrogens is 3. The molecule has 0 fully saturated rings. The highest BCUT2D eigenvalue weighted by molar-refractivity contribution is 9.10. The first-order chi connectivity index (χ1) is 13.5. The monoisotopic (exact) mass is 460 g/mol. The quantitative estimate of drug-likeness (QED) is 0.420. The van der Waals surface area contributed by atoms with Gasteiger partial charge in [0.25, 0.3) is 0 Å². The number of halogens is 2. The lowest BCUT2D eigenvalue weighted by molar-refractivity contribution is 0.632. The minimum Gasteiger partial charge on any atom is -0.309 e. The molecule has 0 amide bonds. The first kappa shape index (κ1) is 19.7. The molecule has 3 heterocycles. The fraction of sp³-hybridized carbons (Fsp3) is 0.455. The molecule has 0 spiro atoms. The second-order valence-electron chi connectivity index (χ2n) is 7.56. The van der Waals surface area contributed by atoms with E-state index in [0.29, 0.717) is 5.92 Å². The Kier molecular flexibility index (Phi) is 5.66. The molecule has 6 heteroatoms. The van der Waals surface area contributed by atoms with Gasteiger partial charge in [0.05, 0.1) is 10.5 Å². The lowest BCUT2D eigenvalue weighted by atomic mass is 9.93. The molecular weight excluding hydrogens is 436 g/mol. The average molecular weight is 462 g/mol. The van der Waals surface area contributed by atoms with Gasteiger partial charge in [0.15, 0.2) is 0 Å². The summed E-state index contributed by atoms with van der Waals surface area (Å²) in [6, 6.07) is 6.33. The van der Waals surface area contributed by atoms with E-state index in [4.69, 9.17) is 21.6 Å². The third-order valence-electron chi connectivity index (χ3n) is 5.81. The molecule has 0 bridgehead atoms. The largest absolute Gasteiger partial charge is 0.309 e. The number of rotatable bonds is 4. The van der Waals surface area contributed by atoms with Crippen molar-refractivity contribution in [2.45, 2.75) is 58.9 Å². The summed E-state index contributed by atoms with van der Waals surface area (Å²) in [5.41, 5.74) is 4.63. The van der Waals surface area contributed by atoms with E-state index in [1.165, 1.54) is 11.1 Å². The molecule has 0 atom stereocenters. The molecule has 1 aromatic carbocycles. The lowest BCUT2D eigenvalue weighted by Crippen LogP contribution is -2.22. The van der Waals surface area contributed by atoms with Crippen molar-refractivity contribution in [2.24, 2.45) is 0 Å². The summed E-state index contributed by atoms with van der Waals surface area (Å²) in [5.74, 6) is 2.46. The number of pyridine rings is 1. The summed E-state index contributed by atoms with van der Waals surface area (Å²) >= 11 is 10.1. The number of imidazole rings is 1. The van der Waals surface area contributed by atoms with Crippen LogP contribution in [0.25, 0.3) is 11.0 Å². The zero-order valence-corrected chi connectivity index (χ0v) is 19.0. The van der Waals surface area contributed by atoms with Gasteiger partial charge in [-0.1, -0.05) is 31.5 Å². The van der Waals surface area contributed by atoms with Crippen molar-refractivity contribution in [3.8, 4) is 0 Å². The van der Waals surface area contributed by atoms with Crippen molar-refractivity contribution in [2.75, 3.05) is 11.4 Å². The van der Waals surface area contributed by atoms with Crippen LogP contribution in [0.2, 0.25) is 5.02 Å². The third kappa shape index (κ3) is 3.33. The molecule has 4 rings (SSSR count). The van der Waals surface area contributed by atoms with Gasteiger partial charge in [-0.3, -0.25) is 4.90 Å². The maximum absolute atomic E-state index is 6.61. The van der Waals surface area contributed by atoms with Crippen LogP contribution in [0.3, 0.4) is 0 Å². The molecule has 3 aromatic rings. The average Bonchev–Trinajstić information content (AvgIpc) is 2.94. The molecule has 4 nitrogen and oxygen atoms in total. The zero-order valence-electron chi connectivity index (χ0n) is 16.7. The first-order valence-corrected chi connectivity index (χ1v) is 11.3. The summed E-state index contributed by atoms with van der Waals surface area (Å²) in [5, 5.41) is 0.728. The van der Waals surface area contributed by atoms with E-state index in [9.17, 15) is 0 Å². The Labute approximate surface area is 180 Å². The molecular formula is C22H26BrClN4. The molecule has 0 unspecified atom stereocenters. The molecule has 0 aliphatic carbocycles. The number of anilines is 2. The number of aryl methyl sites for hydroxylation is 2. The molecule has 0 N–H and O–H groups in total. The predicted octanol–water partition coefficient (Wildman–Crippen LogP) is 6.99. The Balaban J connectivity index is 1.96. The Morgan fingerprint density at radius 2 is 1.93 bits per heavy atom. The molecule has 0 radical (unpaired) electrons. The van der Waals surface area contributed by atoms with Gasteiger partial charge in [0.2, 0.25) is 5.95 Å². The molecule has 148 valence electrons. The fourth-order valence-corrected chi connectivity index (χ4v) is 4.99. The Morgan fingerprint density at radius 1 is 1.18 bits per heavy atom. The van der Waals surface area contributed by atoms with E-state index < -0.39 is 0 Å². The van der Waals surface area contributed by atoms with E-state index in [1.54, 1.807) is 0 Å². The van der Waals surface area contributed by atoms with Crippen LogP contribution >= 0.6 is 27.5 Å². The van der Waals surface area contributed by atoms with Crippen molar-refractivity contribution >= 4 is 50.3 Å². The SMILES string of the molecule is CCC(CC)c1ccc(Cl)c2nc3n(c12)CCCCN3c1ncc(Br)cc1C. The standard InChI is InChI=1S/C22H26BrClN4/c1-4-15(5-2)17-8-9-18(24)19-20(17)27-10-6-7-11-28(22(27)26-19)21-14(3)12-16(23)13-25-21/h8-9,12-13,15H,4-7,10-11H2,1-3H3. The van der Waals surface area contributed by atoms with Crippen LogP contribution in [0.1, 0.15) is 56.6 Å². The van der Waals surface area contributed by atoms with Gasteiger partial charge >= 0.3 is 0 Å². The highest BCUT2D eigenvalue weighted by Gasteiger charge is 2.26. The van der Waals surface area contributed by atoms with E-state index in [-0.39, 0.29) is 0 Å². The Bertz CT molecular complexity index is 1010. The van der Waals surface area contributed by atoms with Crippen LogP contribution < -0.4 is 4.90 Å². The second kappa shape index (κ2) is 8.03. The van der Waals surface area contributed by atoms with Gasteiger partial charge < -0.3 is 4.57 Å². The number of fused-ring (bicyclic) bond motifs is 3. The van der Waals surface area contributed by atoms with E-state index in [2.05, 4.69) is 58.3 Å². The van der Waals surface area contributed by atoms with Gasteiger partial charge in [-0.15, -0.1) is 0 Å². The van der Waals surface area contributed by atoms with E-state index >= 15 is 0 Å². The lowest BCUT2D eigenvalue weighted by Gasteiger charge is -2.23. The van der Waals surface area contributed by atoms with Crippen molar-refractivity contribution < 1.29 is 0 Å². The summed E-state index contributed by atoms with van der Waals surface area (Å²) in [6.45, 7) is 8.50. The zero-order chi connectivity index (χ0) is 19.8. The van der Waals surface area contributed by atoms with E-state index in [0.717, 1.165) is 71.1 Å². The molecule has 1 aliphatic heterocycles. The van der Waals surface area contributed by atoms with Crippen molar-refractivity contribution in [1.29, 1.82) is 0 Å². The molecule has 1 aliphatic rings. The van der Waals surface area contributed by atoms with Crippen LogP contribution in [0, 0.1) is 6.92 Å². The molecule has 0 saturated heterocycles. The third-order valence-corrected chi connectivity index (χ3v) is 6.55. The van der Waals surface area contributed by atoms with Crippen LogP contribution in [0.15, 0.2) is 28.9 Å². The number of nitrogens with zero attached hydrogens (tertiary/aromatic N) is 4. The highest BCUT2D eigenvalue weighted by atomic mass is 79.9. The topological polar surface area (TPSA) is 34.0 Å². The van der Waals surface area contributed by atoms with Gasteiger partial charge in [0, 0.05) is 23.8 Å². The van der Waals surface area contributed by atoms with Crippen molar-refractivity contribution in [3.63, 3.8) is 0 Å². The fourth-order valence-electron chi connectivity index (χ4n) is 4.35. The molecule has 28 heavy (non-hydrogen) atoms. The smallest absolute Gasteiger partial charge is 0.212 e. The molecule has 2 aromatic heterocycles. The number of hydrogen-bond donors (Lipinski definition) is 0. The minimum atomic E-state index is 0.518. The maximum Gasteiger partial charge on any atom is 0.212 e. The van der Waals surface area contributed by atoms with Gasteiger partial charge in [-0.05, 0) is 77.7 Å². The molecule has 0 saturated carbocycles. The maximum atomic E-state index is 6.61. The second-order valence-corrected chi connectivity index (χ2v) is 8.89. The van der Waals surface area contributed by atoms with Crippen LogP contribution in [-0.4, -0.2) is 21.1 Å².